The number of hydrogen-bond acceptors (Lipinski definition) is 4. The van der Waals surface area contributed by atoms with Crippen LogP contribution in [0.2, 0.25) is 0 Å². The Morgan fingerprint density at radius 3 is 1.96 bits per heavy atom. The van der Waals surface area contributed by atoms with Gasteiger partial charge < -0.3 is 10.6 Å². The van der Waals surface area contributed by atoms with Crippen LogP contribution < -0.4 is 10.6 Å². The summed E-state index contributed by atoms with van der Waals surface area (Å²) < 4.78 is 26.8. The fourth-order valence-corrected chi connectivity index (χ4v) is 4.68. The van der Waals surface area contributed by atoms with E-state index in [1.54, 1.807) is 54.6 Å². The average Bonchev–Trinajstić information content (AvgIpc) is 2.70. The van der Waals surface area contributed by atoms with E-state index in [-0.39, 0.29) is 22.6 Å². The molecule has 1 saturated heterocycles. The molecule has 28 heavy (non-hydrogen) atoms. The summed E-state index contributed by atoms with van der Waals surface area (Å²) in [4.78, 5) is 23.8. The van der Waals surface area contributed by atoms with E-state index in [2.05, 4.69) is 10.6 Å². The molecule has 1 aliphatic heterocycles. The minimum atomic E-state index is -3.52. The fraction of sp³-hybridized carbons (Fsp3) is 0.300. The van der Waals surface area contributed by atoms with E-state index < -0.39 is 10.0 Å². The molecule has 0 saturated carbocycles. The Bertz CT molecular complexity index is 935. The van der Waals surface area contributed by atoms with Gasteiger partial charge in [-0.1, -0.05) is 18.2 Å². The maximum Gasteiger partial charge on any atom is 0.243 e. The predicted octanol–water partition coefficient (Wildman–Crippen LogP) is 2.68. The van der Waals surface area contributed by atoms with Crippen molar-refractivity contribution >= 4 is 33.2 Å². The molecular weight excluding hydrogens is 378 g/mol. The number of piperidine rings is 1. The fourth-order valence-electron chi connectivity index (χ4n) is 3.18. The lowest BCUT2D eigenvalue weighted by molar-refractivity contribution is -0.121. The minimum Gasteiger partial charge on any atom is -0.326 e. The van der Waals surface area contributed by atoms with Crippen molar-refractivity contribution in [1.29, 1.82) is 0 Å². The number of anilines is 2. The summed E-state index contributed by atoms with van der Waals surface area (Å²) in [5.74, 6) is -0.518. The average molecular weight is 401 g/mol. The Labute approximate surface area is 164 Å². The molecule has 2 aromatic rings. The largest absolute Gasteiger partial charge is 0.326 e. The molecule has 0 spiro atoms. The monoisotopic (exact) mass is 401 g/mol. The van der Waals surface area contributed by atoms with Gasteiger partial charge in [-0.05, 0) is 49.2 Å². The van der Waals surface area contributed by atoms with E-state index in [1.165, 1.54) is 11.2 Å². The highest BCUT2D eigenvalue weighted by Gasteiger charge is 2.32. The highest BCUT2D eigenvalue weighted by Crippen LogP contribution is 2.25. The molecule has 2 aromatic carbocycles. The third-order valence-electron chi connectivity index (χ3n) is 4.68. The lowest BCUT2D eigenvalue weighted by Crippen LogP contribution is -2.41. The first-order valence-corrected chi connectivity index (χ1v) is 10.5. The Morgan fingerprint density at radius 1 is 0.893 bits per heavy atom. The van der Waals surface area contributed by atoms with Gasteiger partial charge in [-0.2, -0.15) is 4.31 Å². The SMILES string of the molecule is CC(=O)Nc1ccc(NC(=O)C2CCN(S(=O)(=O)c3ccccc3)CC2)cc1. The molecule has 0 radical (unpaired) electrons. The molecule has 0 aromatic heterocycles. The standard InChI is InChI=1S/C20H23N3O4S/c1-15(24)21-17-7-9-18(10-8-17)22-20(25)16-11-13-23(14-12-16)28(26,27)19-5-3-2-4-6-19/h2-10,16H,11-14H2,1H3,(H,21,24)(H,22,25). The first-order valence-electron chi connectivity index (χ1n) is 9.10. The van der Waals surface area contributed by atoms with Crippen molar-refractivity contribution in [1.82, 2.24) is 4.31 Å². The van der Waals surface area contributed by atoms with Crippen molar-refractivity contribution in [3.63, 3.8) is 0 Å². The molecular formula is C20H23N3O4S. The number of nitrogens with zero attached hydrogens (tertiary/aromatic N) is 1. The van der Waals surface area contributed by atoms with Crippen LogP contribution in [0.15, 0.2) is 59.5 Å². The summed E-state index contributed by atoms with van der Waals surface area (Å²) in [6.45, 7) is 2.06. The summed E-state index contributed by atoms with van der Waals surface area (Å²) in [6.07, 6.45) is 0.948. The van der Waals surface area contributed by atoms with Crippen molar-refractivity contribution in [3.8, 4) is 0 Å². The number of amides is 2. The topological polar surface area (TPSA) is 95.6 Å². The summed E-state index contributed by atoms with van der Waals surface area (Å²) in [7, 11) is -3.52. The third-order valence-corrected chi connectivity index (χ3v) is 6.59. The number of sulfonamides is 1. The molecule has 148 valence electrons. The Morgan fingerprint density at radius 2 is 1.43 bits per heavy atom. The number of hydrogen-bond donors (Lipinski definition) is 2. The van der Waals surface area contributed by atoms with Gasteiger partial charge in [0.05, 0.1) is 4.90 Å². The zero-order chi connectivity index (χ0) is 20.1. The van der Waals surface area contributed by atoms with E-state index in [1.807, 2.05) is 0 Å². The van der Waals surface area contributed by atoms with Gasteiger partial charge in [0.2, 0.25) is 21.8 Å². The van der Waals surface area contributed by atoms with E-state index in [9.17, 15) is 18.0 Å². The number of rotatable bonds is 5. The van der Waals surface area contributed by atoms with Crippen LogP contribution in [-0.4, -0.2) is 37.6 Å². The van der Waals surface area contributed by atoms with Gasteiger partial charge in [0.1, 0.15) is 0 Å². The van der Waals surface area contributed by atoms with Gasteiger partial charge in [-0.15, -0.1) is 0 Å². The van der Waals surface area contributed by atoms with Crippen LogP contribution in [0.1, 0.15) is 19.8 Å². The van der Waals surface area contributed by atoms with E-state index in [4.69, 9.17) is 0 Å². The summed E-state index contributed by atoms with van der Waals surface area (Å²) in [5, 5.41) is 5.52. The molecule has 0 atom stereocenters. The third kappa shape index (κ3) is 4.76. The van der Waals surface area contributed by atoms with Crippen LogP contribution in [0, 0.1) is 5.92 Å². The lowest BCUT2D eigenvalue weighted by atomic mass is 9.97. The van der Waals surface area contributed by atoms with Gasteiger partial charge in [0, 0.05) is 37.3 Å². The Kier molecular flexibility index (Phi) is 6.11. The number of nitrogens with one attached hydrogen (secondary N) is 2. The van der Waals surface area contributed by atoms with Crippen molar-refractivity contribution in [2.45, 2.75) is 24.7 Å². The predicted molar refractivity (Wildman–Crippen MR) is 107 cm³/mol. The van der Waals surface area contributed by atoms with Gasteiger partial charge in [0.25, 0.3) is 0 Å². The molecule has 1 fully saturated rings. The molecule has 0 unspecified atom stereocenters. The van der Waals surface area contributed by atoms with E-state index in [0.717, 1.165) is 0 Å². The maximum absolute atomic E-state index is 12.7. The van der Waals surface area contributed by atoms with Gasteiger partial charge in [-0.3, -0.25) is 9.59 Å². The van der Waals surface area contributed by atoms with Crippen LogP contribution in [0.5, 0.6) is 0 Å². The summed E-state index contributed by atoms with van der Waals surface area (Å²) >= 11 is 0. The normalized spacial score (nSPS) is 15.8. The van der Waals surface area contributed by atoms with Crippen LogP contribution >= 0.6 is 0 Å². The number of benzene rings is 2. The zero-order valence-corrected chi connectivity index (χ0v) is 16.4. The Hall–Kier alpha value is -2.71. The smallest absolute Gasteiger partial charge is 0.243 e. The first-order chi connectivity index (χ1) is 13.4. The lowest BCUT2D eigenvalue weighted by Gasteiger charge is -2.30. The highest BCUT2D eigenvalue weighted by molar-refractivity contribution is 7.89. The van der Waals surface area contributed by atoms with Crippen LogP contribution in [0.25, 0.3) is 0 Å². The van der Waals surface area contributed by atoms with E-state index in [0.29, 0.717) is 37.3 Å². The van der Waals surface area contributed by atoms with Crippen LogP contribution in [0.4, 0.5) is 11.4 Å². The minimum absolute atomic E-state index is 0.121. The second-order valence-electron chi connectivity index (χ2n) is 6.74. The molecule has 8 heteroatoms. The van der Waals surface area contributed by atoms with E-state index >= 15 is 0 Å². The molecule has 0 bridgehead atoms. The molecule has 2 N–H and O–H groups in total. The molecule has 2 amide bonds. The molecule has 7 nitrogen and oxygen atoms in total. The quantitative estimate of drug-likeness (QED) is 0.805. The number of carbonyl (C=O) groups excluding carboxylic acids is 2. The second kappa shape index (κ2) is 8.53. The van der Waals surface area contributed by atoms with Gasteiger partial charge in [0.15, 0.2) is 0 Å². The van der Waals surface area contributed by atoms with Crippen LogP contribution in [0.3, 0.4) is 0 Å². The first kappa shape index (κ1) is 20.0. The van der Waals surface area contributed by atoms with Gasteiger partial charge in [-0.25, -0.2) is 8.42 Å². The van der Waals surface area contributed by atoms with Crippen LogP contribution in [-0.2, 0) is 19.6 Å². The Balaban J connectivity index is 1.56. The van der Waals surface area contributed by atoms with Crippen molar-refractivity contribution in [2.75, 3.05) is 23.7 Å². The van der Waals surface area contributed by atoms with Crippen molar-refractivity contribution in [3.05, 3.63) is 54.6 Å². The molecule has 1 heterocycles. The zero-order valence-electron chi connectivity index (χ0n) is 15.6. The van der Waals surface area contributed by atoms with Crippen molar-refractivity contribution < 1.29 is 18.0 Å². The molecule has 1 aliphatic rings. The molecule has 0 aliphatic carbocycles. The summed E-state index contributed by atoms with van der Waals surface area (Å²) in [6, 6.07) is 15.2. The van der Waals surface area contributed by atoms with Crippen molar-refractivity contribution in [2.24, 2.45) is 5.92 Å². The van der Waals surface area contributed by atoms with Gasteiger partial charge >= 0.3 is 0 Å². The second-order valence-corrected chi connectivity index (χ2v) is 8.68. The number of carbonyl (C=O) groups is 2. The maximum atomic E-state index is 12.7. The summed E-state index contributed by atoms with van der Waals surface area (Å²) in [5.41, 5.74) is 1.29. The highest BCUT2D eigenvalue weighted by atomic mass is 32.2. The molecule has 3 rings (SSSR count).